The second-order valence-electron chi connectivity index (χ2n) is 5.81. The van der Waals surface area contributed by atoms with Gasteiger partial charge in [-0.1, -0.05) is 13.8 Å². The third-order valence-corrected chi connectivity index (χ3v) is 3.10. The number of hydrogen-bond donors (Lipinski definition) is 2. The van der Waals surface area contributed by atoms with E-state index in [1.165, 1.54) is 5.56 Å². The van der Waals surface area contributed by atoms with E-state index in [9.17, 15) is 4.79 Å². The van der Waals surface area contributed by atoms with Crippen molar-refractivity contribution in [2.75, 3.05) is 13.1 Å². The number of aliphatic hydroxyl groups is 1. The highest BCUT2D eigenvalue weighted by molar-refractivity contribution is 5.37. The summed E-state index contributed by atoms with van der Waals surface area (Å²) in [6.07, 6.45) is 3.96. The molecule has 1 aliphatic rings. The summed E-state index contributed by atoms with van der Waals surface area (Å²) in [5.41, 5.74) is 0.880. The van der Waals surface area contributed by atoms with Gasteiger partial charge in [0, 0.05) is 0 Å². The van der Waals surface area contributed by atoms with Gasteiger partial charge < -0.3 is 19.6 Å². The van der Waals surface area contributed by atoms with Gasteiger partial charge in [-0.3, -0.25) is 4.79 Å². The molecule has 1 saturated heterocycles. The van der Waals surface area contributed by atoms with Crippen molar-refractivity contribution in [1.29, 1.82) is 0 Å². The van der Waals surface area contributed by atoms with Crippen LogP contribution in [0.5, 0.6) is 0 Å². The Kier molecular flexibility index (Phi) is 10.6. The minimum Gasteiger partial charge on any atom is -0.467 e. The minimum atomic E-state index is -0.318. The molecule has 0 unspecified atom stereocenters. The van der Waals surface area contributed by atoms with Crippen molar-refractivity contribution in [3.05, 3.63) is 23.7 Å². The summed E-state index contributed by atoms with van der Waals surface area (Å²) in [4.78, 5) is 9.60. The molecule has 0 aliphatic carbocycles. The summed E-state index contributed by atoms with van der Waals surface area (Å²) in [6.45, 7) is 12.1. The van der Waals surface area contributed by atoms with E-state index in [0.29, 0.717) is 12.4 Å². The fourth-order valence-electron chi connectivity index (χ4n) is 2.12. The number of piperidine rings is 1. The van der Waals surface area contributed by atoms with Crippen LogP contribution >= 0.6 is 0 Å². The maximum Gasteiger partial charge on any atom is 0.293 e. The molecule has 0 aromatic carbocycles. The zero-order valence-electron chi connectivity index (χ0n) is 14.5. The summed E-state index contributed by atoms with van der Waals surface area (Å²) in [7, 11) is 0. The lowest BCUT2D eigenvalue weighted by molar-refractivity contribution is -0.138. The average Bonchev–Trinajstić information content (AvgIpc) is 2.98. The SMILES string of the molecule is CC.CC(C)(C)OC=O.OCc1occc1C1CCNCC1. The van der Waals surface area contributed by atoms with E-state index in [1.807, 2.05) is 40.7 Å². The summed E-state index contributed by atoms with van der Waals surface area (Å²) in [5, 5.41) is 12.3. The molecule has 0 atom stereocenters. The molecule has 1 aromatic rings. The number of ether oxygens (including phenoxy) is 1. The molecule has 0 bridgehead atoms. The smallest absolute Gasteiger partial charge is 0.293 e. The topological polar surface area (TPSA) is 71.7 Å². The molecule has 2 heterocycles. The number of carbonyl (C=O) groups excluding carboxylic acids is 1. The standard InChI is InChI=1S/C10H15NO2.C5H10O2.C2H6/c12-7-10-9(3-6-13-10)8-1-4-11-5-2-8;1-5(2,3)7-4-6;1-2/h3,6,8,11-12H,1-2,4-5,7H2;4H,1-3H3;1-2H3. The normalized spacial score (nSPS) is 15.0. The third-order valence-electron chi connectivity index (χ3n) is 3.10. The molecule has 2 N–H and O–H groups in total. The van der Waals surface area contributed by atoms with Gasteiger partial charge in [-0.15, -0.1) is 0 Å². The van der Waals surface area contributed by atoms with Crippen LogP contribution in [0.2, 0.25) is 0 Å². The van der Waals surface area contributed by atoms with Crippen LogP contribution in [0.1, 0.15) is 64.7 Å². The zero-order chi connectivity index (χ0) is 17.0. The van der Waals surface area contributed by atoms with Crippen LogP contribution < -0.4 is 5.32 Å². The fraction of sp³-hybridized carbons (Fsp3) is 0.706. The van der Waals surface area contributed by atoms with E-state index in [0.717, 1.165) is 31.7 Å². The van der Waals surface area contributed by atoms with E-state index in [1.54, 1.807) is 6.26 Å². The largest absolute Gasteiger partial charge is 0.467 e. The lowest BCUT2D eigenvalue weighted by Gasteiger charge is -2.22. The van der Waals surface area contributed by atoms with Crippen LogP contribution in [0, 0.1) is 0 Å². The second-order valence-corrected chi connectivity index (χ2v) is 5.81. The van der Waals surface area contributed by atoms with Gasteiger partial charge in [-0.25, -0.2) is 0 Å². The first-order valence-electron chi connectivity index (χ1n) is 7.97. The number of nitrogens with one attached hydrogen (secondary N) is 1. The van der Waals surface area contributed by atoms with Gasteiger partial charge in [0.15, 0.2) is 0 Å². The Morgan fingerprint density at radius 1 is 1.36 bits per heavy atom. The molecule has 5 nitrogen and oxygen atoms in total. The maximum atomic E-state index is 9.60. The molecule has 1 aliphatic heterocycles. The van der Waals surface area contributed by atoms with E-state index >= 15 is 0 Å². The van der Waals surface area contributed by atoms with Crippen molar-refractivity contribution in [3.63, 3.8) is 0 Å². The van der Waals surface area contributed by atoms with Gasteiger partial charge in [-0.2, -0.15) is 0 Å². The molecule has 1 fully saturated rings. The van der Waals surface area contributed by atoms with Crippen LogP contribution in [0.3, 0.4) is 0 Å². The first-order valence-corrected chi connectivity index (χ1v) is 7.97. The summed E-state index contributed by atoms with van der Waals surface area (Å²) in [6, 6.07) is 1.99. The third kappa shape index (κ3) is 8.20. The van der Waals surface area contributed by atoms with Crippen molar-refractivity contribution in [3.8, 4) is 0 Å². The van der Waals surface area contributed by atoms with Crippen LogP contribution in [-0.2, 0) is 16.1 Å². The Morgan fingerprint density at radius 2 is 1.95 bits per heavy atom. The van der Waals surface area contributed by atoms with Gasteiger partial charge in [-0.05, 0) is 64.3 Å². The van der Waals surface area contributed by atoms with Crippen LogP contribution in [0.15, 0.2) is 16.7 Å². The molecule has 2 rings (SSSR count). The van der Waals surface area contributed by atoms with Gasteiger partial charge in [0.2, 0.25) is 0 Å². The Bertz CT molecular complexity index is 390. The molecular formula is C17H31NO4. The molecule has 128 valence electrons. The quantitative estimate of drug-likeness (QED) is 0.838. The van der Waals surface area contributed by atoms with Crippen molar-refractivity contribution >= 4 is 6.47 Å². The Hall–Kier alpha value is -1.33. The number of aliphatic hydroxyl groups excluding tert-OH is 1. The predicted molar refractivity (Wildman–Crippen MR) is 87.7 cm³/mol. The highest BCUT2D eigenvalue weighted by atomic mass is 16.5. The van der Waals surface area contributed by atoms with Crippen molar-refractivity contribution < 1.29 is 19.1 Å². The summed E-state index contributed by atoms with van der Waals surface area (Å²) in [5.74, 6) is 1.31. The van der Waals surface area contributed by atoms with Crippen molar-refractivity contribution in [2.24, 2.45) is 0 Å². The molecular weight excluding hydrogens is 282 g/mol. The van der Waals surface area contributed by atoms with Gasteiger partial charge in [0.05, 0.1) is 6.26 Å². The Labute approximate surface area is 134 Å². The predicted octanol–water partition coefficient (Wildman–Crippen LogP) is 3.22. The Morgan fingerprint density at radius 3 is 2.36 bits per heavy atom. The fourth-order valence-corrected chi connectivity index (χ4v) is 2.12. The van der Waals surface area contributed by atoms with Gasteiger partial charge in [0.1, 0.15) is 18.0 Å². The van der Waals surface area contributed by atoms with Crippen LogP contribution in [0.4, 0.5) is 0 Å². The molecule has 0 spiro atoms. The highest BCUT2D eigenvalue weighted by Crippen LogP contribution is 2.28. The summed E-state index contributed by atoms with van der Waals surface area (Å²) < 4.78 is 9.75. The molecule has 1 aromatic heterocycles. The van der Waals surface area contributed by atoms with Crippen molar-refractivity contribution in [1.82, 2.24) is 5.32 Å². The van der Waals surface area contributed by atoms with Crippen LogP contribution in [0.25, 0.3) is 0 Å². The zero-order valence-corrected chi connectivity index (χ0v) is 14.5. The number of hydrogen-bond acceptors (Lipinski definition) is 5. The molecule has 22 heavy (non-hydrogen) atoms. The minimum absolute atomic E-state index is 0.0201. The van der Waals surface area contributed by atoms with Gasteiger partial charge in [0.25, 0.3) is 6.47 Å². The maximum absolute atomic E-state index is 9.60. The molecule has 0 radical (unpaired) electrons. The first kappa shape index (κ1) is 20.7. The molecule has 5 heteroatoms. The van der Waals surface area contributed by atoms with Crippen molar-refractivity contribution in [2.45, 2.75) is 65.6 Å². The number of carbonyl (C=O) groups is 1. The highest BCUT2D eigenvalue weighted by Gasteiger charge is 2.19. The summed E-state index contributed by atoms with van der Waals surface area (Å²) >= 11 is 0. The van der Waals surface area contributed by atoms with Crippen LogP contribution in [-0.4, -0.2) is 30.3 Å². The lowest BCUT2D eigenvalue weighted by Crippen LogP contribution is -2.26. The molecule has 0 saturated carbocycles. The second kappa shape index (κ2) is 11.3. The van der Waals surface area contributed by atoms with E-state index in [2.05, 4.69) is 10.1 Å². The first-order chi connectivity index (χ1) is 10.5. The Balaban J connectivity index is 0.000000421. The number of furan rings is 1. The monoisotopic (exact) mass is 313 g/mol. The van der Waals surface area contributed by atoms with E-state index in [-0.39, 0.29) is 12.2 Å². The van der Waals surface area contributed by atoms with E-state index < -0.39 is 0 Å². The average molecular weight is 313 g/mol. The lowest BCUT2D eigenvalue weighted by atomic mass is 9.90. The van der Waals surface area contributed by atoms with Gasteiger partial charge >= 0.3 is 0 Å². The number of rotatable bonds is 3. The van der Waals surface area contributed by atoms with E-state index in [4.69, 9.17) is 9.52 Å². The molecule has 0 amide bonds.